The van der Waals surface area contributed by atoms with Crippen LogP contribution < -0.4 is 4.74 Å². The number of aromatic nitrogens is 1. The first-order valence-corrected chi connectivity index (χ1v) is 11.5. The van der Waals surface area contributed by atoms with Gasteiger partial charge in [-0.05, 0) is 68.1 Å². The molecule has 32 heavy (non-hydrogen) atoms. The zero-order chi connectivity index (χ0) is 21.7. The van der Waals surface area contributed by atoms with Gasteiger partial charge >= 0.3 is 0 Å². The number of amides is 1. The highest BCUT2D eigenvalue weighted by molar-refractivity contribution is 5.98. The molecule has 0 unspecified atom stereocenters. The number of carbonyl (C=O) groups is 1. The van der Waals surface area contributed by atoms with Crippen LogP contribution in [0.3, 0.4) is 0 Å². The molecule has 0 N–H and O–H groups in total. The zero-order valence-corrected chi connectivity index (χ0v) is 18.3. The van der Waals surface area contributed by atoms with Gasteiger partial charge in [-0.1, -0.05) is 42.0 Å². The van der Waals surface area contributed by atoms with E-state index >= 15 is 0 Å². The van der Waals surface area contributed by atoms with Gasteiger partial charge in [0.15, 0.2) is 0 Å². The fraction of sp³-hybridized carbons (Fsp3) is 0.250. The third kappa shape index (κ3) is 3.01. The second kappa shape index (κ2) is 7.56. The second-order valence-electron chi connectivity index (χ2n) is 8.85. The number of hydrogen-bond acceptors (Lipinski definition) is 2. The Labute approximate surface area is 188 Å². The molecule has 4 aromatic rings. The minimum Gasteiger partial charge on any atom is -0.457 e. The van der Waals surface area contributed by atoms with Gasteiger partial charge in [-0.15, -0.1) is 0 Å². The molecule has 0 spiro atoms. The minimum absolute atomic E-state index is 0.0575. The van der Waals surface area contributed by atoms with E-state index in [2.05, 4.69) is 34.6 Å². The molecule has 0 fully saturated rings. The highest BCUT2D eigenvalue weighted by Gasteiger charge is 2.37. The summed E-state index contributed by atoms with van der Waals surface area (Å²) < 4.78 is 8.57. The number of fused-ring (bicyclic) bond motifs is 3. The van der Waals surface area contributed by atoms with E-state index in [-0.39, 0.29) is 11.9 Å². The van der Waals surface area contributed by atoms with Crippen molar-refractivity contribution in [3.05, 3.63) is 95.2 Å². The van der Waals surface area contributed by atoms with Gasteiger partial charge in [-0.3, -0.25) is 4.79 Å². The van der Waals surface area contributed by atoms with E-state index in [4.69, 9.17) is 4.74 Å². The Morgan fingerprint density at radius 1 is 0.969 bits per heavy atom. The summed E-state index contributed by atoms with van der Waals surface area (Å²) in [5, 5.41) is 1.37. The number of aryl methyl sites for hydroxylation is 2. The highest BCUT2D eigenvalue weighted by Crippen LogP contribution is 2.43. The number of para-hydroxylation sites is 2. The van der Waals surface area contributed by atoms with Crippen LogP contribution in [0.15, 0.2) is 72.8 Å². The summed E-state index contributed by atoms with van der Waals surface area (Å²) in [7, 11) is 0. The van der Waals surface area contributed by atoms with Crippen LogP contribution in [0.2, 0.25) is 0 Å². The molecule has 0 saturated carbocycles. The highest BCUT2D eigenvalue weighted by atomic mass is 16.5. The van der Waals surface area contributed by atoms with Crippen LogP contribution in [0.4, 0.5) is 0 Å². The summed E-state index contributed by atoms with van der Waals surface area (Å²) in [5.41, 5.74) is 6.01. The van der Waals surface area contributed by atoms with Gasteiger partial charge in [-0.25, -0.2) is 0 Å². The SMILES string of the molecule is Cc1ccc2c(c1)c1c3n2CCN(C(=O)c2ccccc2Oc2ccccc2)[C@H]3CCC1. The van der Waals surface area contributed by atoms with E-state index in [1.165, 1.54) is 27.7 Å². The van der Waals surface area contributed by atoms with E-state index in [0.29, 0.717) is 17.9 Å². The van der Waals surface area contributed by atoms with E-state index in [1.54, 1.807) is 0 Å². The Balaban J connectivity index is 1.39. The fourth-order valence-corrected chi connectivity index (χ4v) is 5.46. The number of hydrogen-bond donors (Lipinski definition) is 0. The average molecular weight is 423 g/mol. The Hall–Kier alpha value is -3.53. The topological polar surface area (TPSA) is 34.5 Å². The molecule has 3 aromatic carbocycles. The number of nitrogens with zero attached hydrogens (tertiary/aromatic N) is 2. The lowest BCUT2D eigenvalue weighted by Gasteiger charge is -2.40. The van der Waals surface area contributed by atoms with E-state index in [1.807, 2.05) is 54.6 Å². The van der Waals surface area contributed by atoms with Gasteiger partial charge in [0, 0.05) is 29.7 Å². The molecule has 4 nitrogen and oxygen atoms in total. The molecular formula is C28H26N2O2. The van der Waals surface area contributed by atoms with Crippen molar-refractivity contribution < 1.29 is 9.53 Å². The van der Waals surface area contributed by atoms with Gasteiger partial charge in [0.1, 0.15) is 11.5 Å². The predicted molar refractivity (Wildman–Crippen MR) is 126 cm³/mol. The van der Waals surface area contributed by atoms with Crippen molar-refractivity contribution in [1.82, 2.24) is 9.47 Å². The second-order valence-corrected chi connectivity index (χ2v) is 8.85. The maximum atomic E-state index is 13.8. The molecule has 0 bridgehead atoms. The molecule has 1 atom stereocenters. The lowest BCUT2D eigenvalue weighted by molar-refractivity contribution is 0.0598. The summed E-state index contributed by atoms with van der Waals surface area (Å²) in [5.74, 6) is 1.41. The molecule has 1 aromatic heterocycles. The number of rotatable bonds is 3. The summed E-state index contributed by atoms with van der Waals surface area (Å²) in [6.45, 7) is 3.70. The molecule has 2 aliphatic rings. The Morgan fingerprint density at radius 3 is 2.66 bits per heavy atom. The maximum absolute atomic E-state index is 13.8. The van der Waals surface area contributed by atoms with Crippen molar-refractivity contribution >= 4 is 16.8 Å². The summed E-state index contributed by atoms with van der Waals surface area (Å²) >= 11 is 0. The molecule has 1 amide bonds. The lowest BCUT2D eigenvalue weighted by Crippen LogP contribution is -2.43. The van der Waals surface area contributed by atoms with Gasteiger partial charge in [0.2, 0.25) is 0 Å². The van der Waals surface area contributed by atoms with Crippen molar-refractivity contribution in [2.45, 2.75) is 38.8 Å². The van der Waals surface area contributed by atoms with Crippen LogP contribution in [0.5, 0.6) is 11.5 Å². The van der Waals surface area contributed by atoms with Crippen molar-refractivity contribution in [1.29, 1.82) is 0 Å². The van der Waals surface area contributed by atoms with Crippen molar-refractivity contribution in [3.8, 4) is 11.5 Å². The van der Waals surface area contributed by atoms with E-state index in [0.717, 1.165) is 31.6 Å². The van der Waals surface area contributed by atoms with Gasteiger partial charge in [0.05, 0.1) is 11.6 Å². The van der Waals surface area contributed by atoms with Crippen molar-refractivity contribution in [3.63, 3.8) is 0 Å². The van der Waals surface area contributed by atoms with E-state index in [9.17, 15) is 4.79 Å². The Bertz CT molecular complexity index is 1320. The quantitative estimate of drug-likeness (QED) is 0.390. The average Bonchev–Trinajstić information content (AvgIpc) is 3.14. The molecular weight excluding hydrogens is 396 g/mol. The predicted octanol–water partition coefficient (Wildman–Crippen LogP) is 6.28. The van der Waals surface area contributed by atoms with Crippen molar-refractivity contribution in [2.75, 3.05) is 6.54 Å². The summed E-state index contributed by atoms with van der Waals surface area (Å²) in [4.78, 5) is 15.9. The number of benzene rings is 3. The Morgan fingerprint density at radius 2 is 1.78 bits per heavy atom. The minimum atomic E-state index is 0.0575. The lowest BCUT2D eigenvalue weighted by atomic mass is 9.89. The molecule has 4 heteroatoms. The van der Waals surface area contributed by atoms with Crippen molar-refractivity contribution in [2.24, 2.45) is 0 Å². The molecule has 1 aliphatic heterocycles. The van der Waals surface area contributed by atoms with E-state index < -0.39 is 0 Å². The van der Waals surface area contributed by atoms with Crippen LogP contribution in [0.25, 0.3) is 10.9 Å². The first kappa shape index (κ1) is 19.2. The first-order chi connectivity index (χ1) is 15.7. The third-order valence-corrected chi connectivity index (χ3v) is 6.88. The maximum Gasteiger partial charge on any atom is 0.258 e. The summed E-state index contributed by atoms with van der Waals surface area (Å²) in [6, 6.07) is 24.2. The standard InChI is InChI=1S/C28H26N2O2/c1-19-14-15-24-23(18-19)21-11-7-12-25-27(21)29(24)16-17-30(25)28(31)22-10-5-6-13-26(22)32-20-8-3-2-4-9-20/h2-6,8-10,13-15,18,25H,7,11-12,16-17H2,1H3/t25-/m0/s1. The van der Waals surface area contributed by atoms with Crippen LogP contribution in [-0.2, 0) is 13.0 Å². The largest absolute Gasteiger partial charge is 0.457 e. The Kier molecular flexibility index (Phi) is 4.53. The number of carbonyl (C=O) groups excluding carboxylic acids is 1. The third-order valence-electron chi connectivity index (χ3n) is 6.88. The molecule has 0 saturated heterocycles. The summed E-state index contributed by atoms with van der Waals surface area (Å²) in [6.07, 6.45) is 3.21. The van der Waals surface area contributed by atoms with Gasteiger partial charge in [0.25, 0.3) is 5.91 Å². The zero-order valence-electron chi connectivity index (χ0n) is 18.3. The molecule has 0 radical (unpaired) electrons. The molecule has 2 heterocycles. The first-order valence-electron chi connectivity index (χ1n) is 11.5. The van der Waals surface area contributed by atoms with Crippen LogP contribution in [0.1, 0.15) is 46.1 Å². The molecule has 1 aliphatic carbocycles. The van der Waals surface area contributed by atoms with Crippen LogP contribution in [-0.4, -0.2) is 21.9 Å². The monoisotopic (exact) mass is 422 g/mol. The normalized spacial score (nSPS) is 17.3. The number of ether oxygens (including phenoxy) is 1. The van der Waals surface area contributed by atoms with Gasteiger partial charge < -0.3 is 14.2 Å². The van der Waals surface area contributed by atoms with Crippen LogP contribution in [0, 0.1) is 6.92 Å². The van der Waals surface area contributed by atoms with Crippen LogP contribution >= 0.6 is 0 Å². The fourth-order valence-electron chi connectivity index (χ4n) is 5.46. The molecule has 160 valence electrons. The smallest absolute Gasteiger partial charge is 0.258 e. The molecule has 6 rings (SSSR count). The van der Waals surface area contributed by atoms with Gasteiger partial charge in [-0.2, -0.15) is 0 Å².